The zero-order valence-corrected chi connectivity index (χ0v) is 20.2. The zero-order chi connectivity index (χ0) is 26.1. The van der Waals surface area contributed by atoms with Crippen molar-refractivity contribution < 1.29 is 34.5 Å². The molecule has 0 unspecified atom stereocenters. The Kier molecular flexibility index (Phi) is 5.37. The second-order valence-electron chi connectivity index (χ2n) is 10.1. The molecule has 7 nitrogen and oxygen atoms in total. The van der Waals surface area contributed by atoms with Gasteiger partial charge in [0.15, 0.2) is 17.2 Å². The molecule has 5 rings (SSSR count). The summed E-state index contributed by atoms with van der Waals surface area (Å²) in [6.45, 7) is 4.36. The fraction of sp³-hybridized carbons (Fsp3) is 0.310. The molecule has 3 aliphatic rings. The predicted molar refractivity (Wildman–Crippen MR) is 131 cm³/mol. The monoisotopic (exact) mass is 486 g/mol. The third kappa shape index (κ3) is 3.23. The molecule has 0 aliphatic heterocycles. The van der Waals surface area contributed by atoms with E-state index in [0.717, 1.165) is 5.56 Å². The van der Waals surface area contributed by atoms with Crippen molar-refractivity contribution in [3.05, 3.63) is 69.8 Å². The van der Waals surface area contributed by atoms with Crippen LogP contribution < -0.4 is 0 Å². The number of ketones is 4. The summed E-state index contributed by atoms with van der Waals surface area (Å²) in [5.74, 6) is -4.37. The minimum absolute atomic E-state index is 0.0733. The van der Waals surface area contributed by atoms with Crippen molar-refractivity contribution in [1.29, 1.82) is 0 Å². The Bertz CT molecular complexity index is 1460. The summed E-state index contributed by atoms with van der Waals surface area (Å²) in [6, 6.07) is 10.2. The van der Waals surface area contributed by atoms with E-state index >= 15 is 0 Å². The predicted octanol–water partition coefficient (Wildman–Crippen LogP) is 3.90. The third-order valence-corrected chi connectivity index (χ3v) is 7.88. The molecule has 0 aromatic heterocycles. The molecule has 7 heteroatoms. The summed E-state index contributed by atoms with van der Waals surface area (Å²) < 4.78 is 0. The maximum Gasteiger partial charge on any atom is 0.206 e. The molecule has 0 heterocycles. The van der Waals surface area contributed by atoms with Gasteiger partial charge in [-0.25, -0.2) is 0 Å². The van der Waals surface area contributed by atoms with Gasteiger partial charge in [-0.05, 0) is 74.8 Å². The SMILES string of the molecule is CC(=O)C1=C(C)C[C@H]2C[C@H]3Cc4c(-c5cccc(C(C)=O)c5)ccc(O)c4C(O)=C3C(=O)[C@@]2(O)C1=O. The number of phenolic OH excluding ortho intramolecular Hbond substituents is 1. The molecule has 0 amide bonds. The Balaban J connectivity index is 1.68. The van der Waals surface area contributed by atoms with Crippen LogP contribution in [0.4, 0.5) is 0 Å². The van der Waals surface area contributed by atoms with Crippen molar-refractivity contribution in [3.8, 4) is 16.9 Å². The molecule has 2 aromatic rings. The molecule has 0 saturated heterocycles. The average Bonchev–Trinajstić information content (AvgIpc) is 2.81. The Morgan fingerprint density at radius 1 is 0.972 bits per heavy atom. The number of aliphatic hydroxyl groups is 2. The second-order valence-corrected chi connectivity index (χ2v) is 10.1. The third-order valence-electron chi connectivity index (χ3n) is 7.88. The Morgan fingerprint density at radius 2 is 1.69 bits per heavy atom. The van der Waals surface area contributed by atoms with Crippen LogP contribution in [0, 0.1) is 11.8 Å². The molecule has 3 N–H and O–H groups in total. The maximum atomic E-state index is 13.7. The van der Waals surface area contributed by atoms with Crippen LogP contribution in [-0.4, -0.2) is 44.1 Å². The summed E-state index contributed by atoms with van der Waals surface area (Å²) in [4.78, 5) is 50.9. The first kappa shape index (κ1) is 23.9. The van der Waals surface area contributed by atoms with Gasteiger partial charge in [-0.1, -0.05) is 29.8 Å². The number of Topliss-reactive ketones (excluding diaryl/α,β-unsaturated/α-hetero) is 4. The molecule has 0 bridgehead atoms. The number of aromatic hydroxyl groups is 1. The van der Waals surface area contributed by atoms with Gasteiger partial charge in [0.25, 0.3) is 0 Å². The number of aliphatic hydroxyl groups excluding tert-OH is 1. The van der Waals surface area contributed by atoms with Gasteiger partial charge in [0.05, 0.1) is 11.1 Å². The molecule has 3 aliphatic carbocycles. The first-order chi connectivity index (χ1) is 17.0. The van der Waals surface area contributed by atoms with Crippen molar-refractivity contribution in [2.24, 2.45) is 11.8 Å². The minimum Gasteiger partial charge on any atom is -0.507 e. The fourth-order valence-corrected chi connectivity index (χ4v) is 6.20. The lowest BCUT2D eigenvalue weighted by Gasteiger charge is -2.46. The van der Waals surface area contributed by atoms with Crippen LogP contribution >= 0.6 is 0 Å². The van der Waals surface area contributed by atoms with Gasteiger partial charge in [0.2, 0.25) is 11.6 Å². The van der Waals surface area contributed by atoms with Gasteiger partial charge >= 0.3 is 0 Å². The smallest absolute Gasteiger partial charge is 0.206 e. The number of hydrogen-bond donors (Lipinski definition) is 3. The molecule has 36 heavy (non-hydrogen) atoms. The topological polar surface area (TPSA) is 129 Å². The Labute approximate surface area is 207 Å². The summed E-state index contributed by atoms with van der Waals surface area (Å²) in [7, 11) is 0. The molecule has 1 fully saturated rings. The van der Waals surface area contributed by atoms with E-state index in [0.29, 0.717) is 22.3 Å². The molecule has 2 aromatic carbocycles. The van der Waals surface area contributed by atoms with Crippen molar-refractivity contribution in [3.63, 3.8) is 0 Å². The highest BCUT2D eigenvalue weighted by molar-refractivity contribution is 6.33. The molecule has 0 radical (unpaired) electrons. The maximum absolute atomic E-state index is 13.7. The van der Waals surface area contributed by atoms with Crippen LogP contribution in [0.2, 0.25) is 0 Å². The molecule has 1 saturated carbocycles. The van der Waals surface area contributed by atoms with Crippen LogP contribution in [0.25, 0.3) is 16.9 Å². The Morgan fingerprint density at radius 3 is 2.36 bits per heavy atom. The number of carbonyl (C=O) groups is 4. The molecule has 0 spiro atoms. The fourth-order valence-electron chi connectivity index (χ4n) is 6.20. The first-order valence-electron chi connectivity index (χ1n) is 11.9. The number of hydrogen-bond acceptors (Lipinski definition) is 7. The van der Waals surface area contributed by atoms with Crippen LogP contribution in [0.5, 0.6) is 5.75 Å². The van der Waals surface area contributed by atoms with E-state index in [-0.39, 0.29) is 47.5 Å². The minimum atomic E-state index is -2.43. The van der Waals surface area contributed by atoms with Crippen molar-refractivity contribution in [1.82, 2.24) is 0 Å². The molecule has 3 atom stereocenters. The highest BCUT2D eigenvalue weighted by Crippen LogP contribution is 2.52. The quantitative estimate of drug-likeness (QED) is 0.341. The van der Waals surface area contributed by atoms with Gasteiger partial charge in [-0.3, -0.25) is 19.2 Å². The first-order valence-corrected chi connectivity index (χ1v) is 11.9. The van der Waals surface area contributed by atoms with E-state index in [1.54, 1.807) is 31.2 Å². The number of carbonyl (C=O) groups excluding carboxylic acids is 4. The van der Waals surface area contributed by atoms with Gasteiger partial charge in [-0.15, -0.1) is 0 Å². The van der Waals surface area contributed by atoms with Gasteiger partial charge in [0, 0.05) is 17.1 Å². The number of allylic oxidation sites excluding steroid dienone is 1. The largest absolute Gasteiger partial charge is 0.507 e. The van der Waals surface area contributed by atoms with Crippen molar-refractivity contribution >= 4 is 28.9 Å². The average molecular weight is 487 g/mol. The lowest BCUT2D eigenvalue weighted by Crippen LogP contribution is -2.61. The number of rotatable bonds is 3. The summed E-state index contributed by atoms with van der Waals surface area (Å²) in [5.41, 5.74) is 0.513. The number of benzene rings is 2. The van der Waals surface area contributed by atoms with E-state index in [9.17, 15) is 34.5 Å². The molecular formula is C29H26O7. The van der Waals surface area contributed by atoms with Crippen LogP contribution in [0.1, 0.15) is 55.1 Å². The lowest BCUT2D eigenvalue weighted by molar-refractivity contribution is -0.157. The zero-order valence-electron chi connectivity index (χ0n) is 20.2. The normalized spacial score (nSPS) is 25.3. The van der Waals surface area contributed by atoms with E-state index in [4.69, 9.17) is 0 Å². The van der Waals surface area contributed by atoms with Crippen LogP contribution in [0.3, 0.4) is 0 Å². The number of phenols is 1. The second kappa shape index (κ2) is 8.10. The van der Waals surface area contributed by atoms with Crippen LogP contribution in [0.15, 0.2) is 53.1 Å². The van der Waals surface area contributed by atoms with Gasteiger partial charge in [0.1, 0.15) is 11.5 Å². The summed E-state index contributed by atoms with van der Waals surface area (Å²) in [6.07, 6.45) is 0.753. The van der Waals surface area contributed by atoms with Crippen LogP contribution in [-0.2, 0) is 20.8 Å². The molecule has 184 valence electrons. The van der Waals surface area contributed by atoms with Crippen molar-refractivity contribution in [2.45, 2.75) is 45.6 Å². The highest BCUT2D eigenvalue weighted by Gasteiger charge is 2.60. The van der Waals surface area contributed by atoms with E-state index in [2.05, 4.69) is 0 Å². The molecular weight excluding hydrogens is 460 g/mol. The van der Waals surface area contributed by atoms with E-state index < -0.39 is 40.5 Å². The standard InChI is InChI=1S/C29H26O7/c1-13-9-19-11-18-12-21-20(17-6-4-5-16(10-17)14(2)30)7-8-22(32)25(21)26(33)24(18)28(35)29(19,36)27(34)23(13)15(3)31/h4-8,10,18-19,32-33,36H,9,11-12H2,1-3H3/t18-,19-,29-/m0/s1. The Hall–Kier alpha value is -3.84. The van der Waals surface area contributed by atoms with Gasteiger partial charge < -0.3 is 15.3 Å². The lowest BCUT2D eigenvalue weighted by atomic mass is 9.57. The summed E-state index contributed by atoms with van der Waals surface area (Å²) >= 11 is 0. The van der Waals surface area contributed by atoms with E-state index in [1.807, 2.05) is 6.07 Å². The van der Waals surface area contributed by atoms with Crippen molar-refractivity contribution in [2.75, 3.05) is 0 Å². The number of fused-ring (bicyclic) bond motifs is 3. The highest BCUT2D eigenvalue weighted by atomic mass is 16.3. The van der Waals surface area contributed by atoms with Gasteiger partial charge in [-0.2, -0.15) is 0 Å². The summed E-state index contributed by atoms with van der Waals surface area (Å²) in [5, 5.41) is 33.4. The van der Waals surface area contributed by atoms with E-state index in [1.165, 1.54) is 19.9 Å².